The SMILES string of the molecule is NC(=O)c1c(Nc2ccc(I)cc2F)cc(F)cc1Oc1ccc2cc[nH]c2c1. The third-order valence-corrected chi connectivity index (χ3v) is 4.94. The summed E-state index contributed by atoms with van der Waals surface area (Å²) < 4.78 is 35.0. The second kappa shape index (κ2) is 7.70. The van der Waals surface area contributed by atoms with Crippen LogP contribution in [0.5, 0.6) is 11.5 Å². The van der Waals surface area contributed by atoms with E-state index in [1.165, 1.54) is 12.1 Å². The van der Waals surface area contributed by atoms with Gasteiger partial charge in [-0.1, -0.05) is 0 Å². The Hall–Kier alpha value is -3.14. The summed E-state index contributed by atoms with van der Waals surface area (Å²) in [5.74, 6) is -1.73. The zero-order valence-corrected chi connectivity index (χ0v) is 17.0. The summed E-state index contributed by atoms with van der Waals surface area (Å²) in [5.41, 5.74) is 6.35. The van der Waals surface area contributed by atoms with E-state index in [1.54, 1.807) is 24.4 Å². The number of aromatic amines is 1. The van der Waals surface area contributed by atoms with Crippen molar-refractivity contribution in [2.24, 2.45) is 5.73 Å². The van der Waals surface area contributed by atoms with E-state index >= 15 is 0 Å². The minimum atomic E-state index is -0.839. The van der Waals surface area contributed by atoms with Crippen LogP contribution in [0.25, 0.3) is 10.9 Å². The van der Waals surface area contributed by atoms with Gasteiger partial charge in [0.25, 0.3) is 5.91 Å². The van der Waals surface area contributed by atoms with Crippen molar-refractivity contribution in [1.29, 1.82) is 0 Å². The number of hydrogen-bond donors (Lipinski definition) is 3. The van der Waals surface area contributed by atoms with Gasteiger partial charge in [-0.25, -0.2) is 8.78 Å². The Morgan fingerprint density at radius 3 is 2.62 bits per heavy atom. The second-order valence-electron chi connectivity index (χ2n) is 6.27. The molecule has 0 aliphatic carbocycles. The molecular formula is C21H14F2IN3O2. The largest absolute Gasteiger partial charge is 0.456 e. The van der Waals surface area contributed by atoms with Gasteiger partial charge in [0.2, 0.25) is 0 Å². The van der Waals surface area contributed by atoms with Gasteiger partial charge < -0.3 is 20.8 Å². The molecule has 0 aliphatic rings. The number of carbonyl (C=O) groups excluding carboxylic acids is 1. The molecule has 0 fully saturated rings. The van der Waals surface area contributed by atoms with E-state index in [0.29, 0.717) is 9.32 Å². The third kappa shape index (κ3) is 4.02. The fraction of sp³-hybridized carbons (Fsp3) is 0. The standard InChI is InChI=1S/C21H14F2IN3O2/c22-12-7-18(27-16-4-2-13(24)9-15(16)23)20(21(25)28)19(8-12)29-14-3-1-11-5-6-26-17(11)10-14/h1-10,26-27H,(H2,25,28). The number of aromatic nitrogens is 1. The number of anilines is 2. The van der Waals surface area contributed by atoms with E-state index in [4.69, 9.17) is 10.5 Å². The topological polar surface area (TPSA) is 80.1 Å². The van der Waals surface area contributed by atoms with Gasteiger partial charge in [-0.3, -0.25) is 4.79 Å². The number of benzene rings is 3. The smallest absolute Gasteiger partial charge is 0.254 e. The molecule has 0 unspecified atom stereocenters. The molecule has 1 amide bonds. The summed E-state index contributed by atoms with van der Waals surface area (Å²) in [6, 6.07) is 13.7. The first kappa shape index (κ1) is 19.2. The van der Waals surface area contributed by atoms with Crippen molar-refractivity contribution in [3.05, 3.63) is 81.6 Å². The molecule has 0 saturated heterocycles. The summed E-state index contributed by atoms with van der Waals surface area (Å²) in [4.78, 5) is 15.2. The van der Waals surface area contributed by atoms with Crippen LogP contribution in [-0.4, -0.2) is 10.9 Å². The normalized spacial score (nSPS) is 10.9. The van der Waals surface area contributed by atoms with Gasteiger partial charge in [-0.05, 0) is 70.4 Å². The highest BCUT2D eigenvalue weighted by molar-refractivity contribution is 14.1. The lowest BCUT2D eigenvalue weighted by atomic mass is 10.1. The summed E-state index contributed by atoms with van der Waals surface area (Å²) in [7, 11) is 0. The van der Waals surface area contributed by atoms with Crippen LogP contribution in [0.3, 0.4) is 0 Å². The van der Waals surface area contributed by atoms with Crippen molar-refractivity contribution in [2.75, 3.05) is 5.32 Å². The molecule has 4 aromatic rings. The molecule has 4 rings (SSSR count). The van der Waals surface area contributed by atoms with Gasteiger partial charge >= 0.3 is 0 Å². The summed E-state index contributed by atoms with van der Waals surface area (Å²) in [6.45, 7) is 0. The van der Waals surface area contributed by atoms with E-state index < -0.39 is 17.5 Å². The lowest BCUT2D eigenvalue weighted by molar-refractivity contribution is 0.0999. The summed E-state index contributed by atoms with van der Waals surface area (Å²) >= 11 is 1.97. The van der Waals surface area contributed by atoms with E-state index in [-0.39, 0.29) is 22.7 Å². The molecule has 146 valence electrons. The molecule has 1 aromatic heterocycles. The average molecular weight is 505 g/mol. The number of nitrogens with two attached hydrogens (primary N) is 1. The number of amides is 1. The highest BCUT2D eigenvalue weighted by atomic mass is 127. The van der Waals surface area contributed by atoms with E-state index in [2.05, 4.69) is 10.3 Å². The molecule has 29 heavy (non-hydrogen) atoms. The van der Waals surface area contributed by atoms with Crippen molar-refractivity contribution in [3.8, 4) is 11.5 Å². The zero-order valence-electron chi connectivity index (χ0n) is 14.8. The van der Waals surface area contributed by atoms with Gasteiger partial charge in [0.1, 0.15) is 28.7 Å². The van der Waals surface area contributed by atoms with E-state index in [1.807, 2.05) is 34.7 Å². The highest BCUT2D eigenvalue weighted by Crippen LogP contribution is 2.35. The number of carbonyl (C=O) groups is 1. The number of primary amides is 1. The number of nitrogens with one attached hydrogen (secondary N) is 2. The Kier molecular flexibility index (Phi) is 5.10. The first-order valence-electron chi connectivity index (χ1n) is 8.51. The molecule has 3 aromatic carbocycles. The fourth-order valence-corrected chi connectivity index (χ4v) is 3.42. The van der Waals surface area contributed by atoms with Crippen LogP contribution in [0.1, 0.15) is 10.4 Å². The monoisotopic (exact) mass is 505 g/mol. The van der Waals surface area contributed by atoms with Crippen LogP contribution in [0.15, 0.2) is 60.8 Å². The van der Waals surface area contributed by atoms with Gasteiger partial charge in [0.05, 0.1) is 11.4 Å². The van der Waals surface area contributed by atoms with Gasteiger partial charge in [0.15, 0.2) is 0 Å². The first-order chi connectivity index (χ1) is 13.9. The molecule has 4 N–H and O–H groups in total. The van der Waals surface area contributed by atoms with Gasteiger partial charge in [0, 0.05) is 27.4 Å². The van der Waals surface area contributed by atoms with Crippen LogP contribution in [-0.2, 0) is 0 Å². The Morgan fingerprint density at radius 1 is 1.03 bits per heavy atom. The average Bonchev–Trinajstić information content (AvgIpc) is 3.11. The fourth-order valence-electron chi connectivity index (χ4n) is 2.97. The number of rotatable bonds is 5. The lowest BCUT2D eigenvalue weighted by Crippen LogP contribution is -2.15. The van der Waals surface area contributed by atoms with Crippen molar-refractivity contribution in [2.45, 2.75) is 0 Å². The van der Waals surface area contributed by atoms with Crippen molar-refractivity contribution in [1.82, 2.24) is 4.98 Å². The Labute approximate surface area is 178 Å². The van der Waals surface area contributed by atoms with Crippen LogP contribution in [0, 0.1) is 15.2 Å². The lowest BCUT2D eigenvalue weighted by Gasteiger charge is -2.16. The Balaban J connectivity index is 1.76. The first-order valence-corrected chi connectivity index (χ1v) is 9.59. The molecule has 0 atom stereocenters. The van der Waals surface area contributed by atoms with Crippen molar-refractivity contribution < 1.29 is 18.3 Å². The molecule has 1 heterocycles. The number of hydrogen-bond acceptors (Lipinski definition) is 3. The van der Waals surface area contributed by atoms with Gasteiger partial charge in [-0.2, -0.15) is 0 Å². The van der Waals surface area contributed by atoms with Crippen LogP contribution < -0.4 is 15.8 Å². The molecule has 5 nitrogen and oxygen atoms in total. The molecule has 0 saturated carbocycles. The molecule has 0 aliphatic heterocycles. The minimum absolute atomic E-state index is 0.00793. The molecule has 0 radical (unpaired) electrons. The number of H-pyrrole nitrogens is 1. The molecular weight excluding hydrogens is 491 g/mol. The van der Waals surface area contributed by atoms with Crippen molar-refractivity contribution in [3.63, 3.8) is 0 Å². The van der Waals surface area contributed by atoms with Gasteiger partial charge in [-0.15, -0.1) is 0 Å². The maximum atomic E-state index is 14.3. The summed E-state index contributed by atoms with van der Waals surface area (Å²) in [6.07, 6.45) is 1.78. The quantitative estimate of drug-likeness (QED) is 0.305. The maximum absolute atomic E-state index is 14.3. The maximum Gasteiger partial charge on any atom is 0.254 e. The van der Waals surface area contributed by atoms with E-state index in [9.17, 15) is 13.6 Å². The summed E-state index contributed by atoms with van der Waals surface area (Å²) in [5, 5.41) is 3.71. The number of fused-ring (bicyclic) bond motifs is 1. The van der Waals surface area contributed by atoms with Crippen LogP contribution in [0.2, 0.25) is 0 Å². The molecule has 0 bridgehead atoms. The Morgan fingerprint density at radius 2 is 1.86 bits per heavy atom. The number of halogens is 3. The van der Waals surface area contributed by atoms with E-state index in [0.717, 1.165) is 23.0 Å². The second-order valence-corrected chi connectivity index (χ2v) is 7.51. The third-order valence-electron chi connectivity index (χ3n) is 4.27. The predicted molar refractivity (Wildman–Crippen MR) is 116 cm³/mol. The van der Waals surface area contributed by atoms with Crippen molar-refractivity contribution >= 4 is 50.8 Å². The van der Waals surface area contributed by atoms with Crippen LogP contribution >= 0.6 is 22.6 Å². The number of ether oxygens (including phenoxy) is 1. The zero-order chi connectivity index (χ0) is 20.5. The predicted octanol–water partition coefficient (Wildman–Crippen LogP) is 5.69. The molecule has 0 spiro atoms. The minimum Gasteiger partial charge on any atom is -0.456 e. The highest BCUT2D eigenvalue weighted by Gasteiger charge is 2.19. The van der Waals surface area contributed by atoms with Crippen LogP contribution in [0.4, 0.5) is 20.2 Å². The molecule has 8 heteroatoms. The Bertz CT molecular complexity index is 1240.